The highest BCUT2D eigenvalue weighted by atomic mass is 16.5. The average molecular weight is 115 g/mol. The lowest BCUT2D eigenvalue weighted by Crippen LogP contribution is -2.15. The molecule has 2 nitrogen and oxygen atoms in total. The van der Waals surface area contributed by atoms with Gasteiger partial charge in [-0.15, -0.1) is 0 Å². The number of ether oxygens (including phenoxy) is 1. The van der Waals surface area contributed by atoms with Crippen molar-refractivity contribution in [2.24, 2.45) is 0 Å². The molecule has 0 atom stereocenters. The second kappa shape index (κ2) is 2.03. The van der Waals surface area contributed by atoms with Gasteiger partial charge < -0.3 is 9.84 Å². The van der Waals surface area contributed by atoms with Crippen molar-refractivity contribution >= 4 is 0 Å². The van der Waals surface area contributed by atoms with Gasteiger partial charge in [0.15, 0.2) is 0 Å². The fourth-order valence-electron chi connectivity index (χ4n) is 0.551. The third kappa shape index (κ3) is 1.46. The topological polar surface area (TPSA) is 29.5 Å². The summed E-state index contributed by atoms with van der Waals surface area (Å²) in [6.07, 6.45) is 1.79. The molecule has 0 spiro atoms. The van der Waals surface area contributed by atoms with Crippen LogP contribution in [0.15, 0.2) is 0 Å². The first-order chi connectivity index (χ1) is 3.77. The maximum Gasteiger partial charge on any atom is 0.0882 e. The first-order valence-electron chi connectivity index (χ1n) is 2.86. The maximum atomic E-state index is 9.11. The molecular formula is C6H11O2. The van der Waals surface area contributed by atoms with Gasteiger partial charge >= 0.3 is 0 Å². The summed E-state index contributed by atoms with van der Waals surface area (Å²) < 4.78 is 4.90. The zero-order valence-corrected chi connectivity index (χ0v) is 4.89. The summed E-state index contributed by atoms with van der Waals surface area (Å²) in [4.78, 5) is 0. The molecular weight excluding hydrogens is 104 g/mol. The van der Waals surface area contributed by atoms with Crippen molar-refractivity contribution in [3.63, 3.8) is 0 Å². The molecule has 0 saturated heterocycles. The number of hydrogen-bond donors (Lipinski definition) is 1. The second-order valence-corrected chi connectivity index (χ2v) is 2.28. The summed E-state index contributed by atoms with van der Waals surface area (Å²) in [5.74, 6) is 0. The van der Waals surface area contributed by atoms with Gasteiger partial charge in [0.25, 0.3) is 0 Å². The van der Waals surface area contributed by atoms with E-state index in [4.69, 9.17) is 9.84 Å². The van der Waals surface area contributed by atoms with E-state index >= 15 is 0 Å². The van der Waals surface area contributed by atoms with Crippen LogP contribution < -0.4 is 0 Å². The molecule has 0 aromatic rings. The van der Waals surface area contributed by atoms with E-state index in [2.05, 4.69) is 6.92 Å². The Kier molecular flexibility index (Phi) is 1.54. The van der Waals surface area contributed by atoms with Crippen LogP contribution >= 0.6 is 0 Å². The summed E-state index contributed by atoms with van der Waals surface area (Å²) in [6.45, 7) is 4.41. The van der Waals surface area contributed by atoms with Crippen LogP contribution in [0.4, 0.5) is 0 Å². The Balaban J connectivity index is 2.01. The molecule has 0 heterocycles. The molecule has 1 radical (unpaired) electrons. The van der Waals surface area contributed by atoms with E-state index in [1.807, 2.05) is 0 Å². The standard InChI is InChI=1S/C6H11O2/c1-2-8-5-6(7)3-4-6/h7H,1-5H2. The molecule has 1 N–H and O–H groups in total. The molecule has 2 heteroatoms. The molecule has 0 amide bonds. The zero-order chi connectivity index (χ0) is 6.04. The van der Waals surface area contributed by atoms with Crippen molar-refractivity contribution in [1.82, 2.24) is 0 Å². The first kappa shape index (κ1) is 6.05. The Labute approximate surface area is 49.5 Å². The van der Waals surface area contributed by atoms with Gasteiger partial charge in [-0.05, 0) is 19.8 Å². The average Bonchev–Trinajstić information content (AvgIpc) is 2.45. The van der Waals surface area contributed by atoms with Crippen molar-refractivity contribution in [2.75, 3.05) is 13.2 Å². The van der Waals surface area contributed by atoms with Crippen molar-refractivity contribution in [2.45, 2.75) is 18.4 Å². The van der Waals surface area contributed by atoms with Crippen LogP contribution in [0, 0.1) is 6.92 Å². The van der Waals surface area contributed by atoms with Gasteiger partial charge in [0.05, 0.1) is 12.2 Å². The van der Waals surface area contributed by atoms with Crippen LogP contribution in [0.2, 0.25) is 0 Å². The third-order valence-corrected chi connectivity index (χ3v) is 1.34. The predicted octanol–water partition coefficient (Wildman–Crippen LogP) is 0.362. The van der Waals surface area contributed by atoms with E-state index in [1.165, 1.54) is 0 Å². The molecule has 1 saturated carbocycles. The summed E-state index contributed by atoms with van der Waals surface area (Å²) in [5, 5.41) is 9.11. The van der Waals surface area contributed by atoms with Crippen LogP contribution in [-0.4, -0.2) is 23.9 Å². The van der Waals surface area contributed by atoms with Crippen molar-refractivity contribution < 1.29 is 9.84 Å². The van der Waals surface area contributed by atoms with Gasteiger partial charge in [-0.3, -0.25) is 0 Å². The number of aliphatic hydroxyl groups is 1. The molecule has 1 aliphatic carbocycles. The second-order valence-electron chi connectivity index (χ2n) is 2.28. The minimum Gasteiger partial charge on any atom is -0.387 e. The normalized spacial score (nSPS) is 23.2. The maximum absolute atomic E-state index is 9.11. The van der Waals surface area contributed by atoms with Gasteiger partial charge in [0.2, 0.25) is 0 Å². The summed E-state index contributed by atoms with van der Waals surface area (Å²) in [6, 6.07) is 0. The Morgan fingerprint density at radius 1 is 1.62 bits per heavy atom. The van der Waals surface area contributed by atoms with E-state index < -0.39 is 5.60 Å². The monoisotopic (exact) mass is 115 g/mol. The minimum atomic E-state index is -0.461. The molecule has 0 unspecified atom stereocenters. The molecule has 0 aliphatic heterocycles. The van der Waals surface area contributed by atoms with E-state index in [0.29, 0.717) is 13.2 Å². The van der Waals surface area contributed by atoms with Crippen LogP contribution in [0.25, 0.3) is 0 Å². The lowest BCUT2D eigenvalue weighted by molar-refractivity contribution is 0.0315. The lowest BCUT2D eigenvalue weighted by Gasteiger charge is -2.04. The van der Waals surface area contributed by atoms with Crippen molar-refractivity contribution in [1.29, 1.82) is 0 Å². The summed E-state index contributed by atoms with van der Waals surface area (Å²) in [5.41, 5.74) is -0.461. The SMILES string of the molecule is [CH2]COCC1(O)CC1. The highest BCUT2D eigenvalue weighted by Gasteiger charge is 2.40. The Morgan fingerprint density at radius 2 is 2.25 bits per heavy atom. The van der Waals surface area contributed by atoms with Crippen LogP contribution in [0.3, 0.4) is 0 Å². The minimum absolute atomic E-state index is 0.461. The molecule has 0 aromatic heterocycles. The quantitative estimate of drug-likeness (QED) is 0.575. The van der Waals surface area contributed by atoms with E-state index in [1.54, 1.807) is 0 Å². The first-order valence-corrected chi connectivity index (χ1v) is 2.86. The number of rotatable bonds is 3. The van der Waals surface area contributed by atoms with Gasteiger partial charge in [0.1, 0.15) is 0 Å². The third-order valence-electron chi connectivity index (χ3n) is 1.34. The highest BCUT2D eigenvalue weighted by molar-refractivity contribution is 4.92. The smallest absolute Gasteiger partial charge is 0.0882 e. The van der Waals surface area contributed by atoms with Crippen molar-refractivity contribution in [3.8, 4) is 0 Å². The highest BCUT2D eigenvalue weighted by Crippen LogP contribution is 2.34. The van der Waals surface area contributed by atoms with E-state index in [-0.39, 0.29) is 0 Å². The number of hydrogen-bond acceptors (Lipinski definition) is 2. The van der Waals surface area contributed by atoms with Crippen LogP contribution in [0.5, 0.6) is 0 Å². The molecule has 0 bridgehead atoms. The van der Waals surface area contributed by atoms with E-state index in [0.717, 1.165) is 12.8 Å². The van der Waals surface area contributed by atoms with Gasteiger partial charge in [-0.25, -0.2) is 0 Å². The zero-order valence-electron chi connectivity index (χ0n) is 4.89. The fraction of sp³-hybridized carbons (Fsp3) is 0.833. The molecule has 1 fully saturated rings. The predicted molar refractivity (Wildman–Crippen MR) is 30.4 cm³/mol. The van der Waals surface area contributed by atoms with Gasteiger partial charge in [-0.2, -0.15) is 0 Å². The molecule has 8 heavy (non-hydrogen) atoms. The Bertz CT molecular complexity index is 76.6. The van der Waals surface area contributed by atoms with Crippen LogP contribution in [0.1, 0.15) is 12.8 Å². The Morgan fingerprint density at radius 3 is 2.62 bits per heavy atom. The van der Waals surface area contributed by atoms with Crippen LogP contribution in [-0.2, 0) is 4.74 Å². The fourth-order valence-corrected chi connectivity index (χ4v) is 0.551. The molecule has 0 aromatic carbocycles. The van der Waals surface area contributed by atoms with Gasteiger partial charge in [0, 0.05) is 6.61 Å². The summed E-state index contributed by atoms with van der Waals surface area (Å²) in [7, 11) is 0. The summed E-state index contributed by atoms with van der Waals surface area (Å²) >= 11 is 0. The van der Waals surface area contributed by atoms with Crippen molar-refractivity contribution in [3.05, 3.63) is 6.92 Å². The largest absolute Gasteiger partial charge is 0.387 e. The molecule has 1 rings (SSSR count). The lowest BCUT2D eigenvalue weighted by atomic mass is 10.4. The molecule has 47 valence electrons. The Hall–Kier alpha value is -0.0800. The molecule has 1 aliphatic rings. The van der Waals surface area contributed by atoms with E-state index in [9.17, 15) is 0 Å². The van der Waals surface area contributed by atoms with Gasteiger partial charge in [-0.1, -0.05) is 0 Å².